The first-order valence-corrected chi connectivity index (χ1v) is 9.77. The van der Waals surface area contributed by atoms with Crippen molar-refractivity contribution in [2.75, 3.05) is 11.1 Å². The van der Waals surface area contributed by atoms with Crippen molar-refractivity contribution in [2.24, 2.45) is 0 Å². The van der Waals surface area contributed by atoms with Gasteiger partial charge in [0.05, 0.1) is 16.5 Å². The van der Waals surface area contributed by atoms with Crippen LogP contribution in [-0.4, -0.2) is 21.6 Å². The van der Waals surface area contributed by atoms with Gasteiger partial charge in [0.15, 0.2) is 5.13 Å². The molecule has 0 aliphatic carbocycles. The monoisotopic (exact) mass is 369 g/mol. The summed E-state index contributed by atoms with van der Waals surface area (Å²) in [6.45, 7) is 6.28. The van der Waals surface area contributed by atoms with Gasteiger partial charge in [-0.3, -0.25) is 4.79 Å². The minimum atomic E-state index is -0.0751. The summed E-state index contributed by atoms with van der Waals surface area (Å²) in [4.78, 5) is 20.9. The van der Waals surface area contributed by atoms with Gasteiger partial charge in [0, 0.05) is 17.1 Å². The Balaban J connectivity index is 1.67. The number of amides is 1. The smallest absolute Gasteiger partial charge is 0.236 e. The quantitative estimate of drug-likeness (QED) is 0.653. The molecule has 0 unspecified atom stereocenters. The van der Waals surface area contributed by atoms with Crippen molar-refractivity contribution < 1.29 is 4.79 Å². The van der Waals surface area contributed by atoms with Gasteiger partial charge in [-0.05, 0) is 44.0 Å². The van der Waals surface area contributed by atoms with Gasteiger partial charge in [-0.2, -0.15) is 0 Å². The SMILES string of the molecule is Cc1cc(C)c(-c2csc(NC(=O)CSc3ccccn3)n2)c(C)c1. The third-order valence-corrected chi connectivity index (χ3v) is 5.37. The van der Waals surface area contributed by atoms with E-state index in [1.807, 2.05) is 23.6 Å². The molecule has 3 rings (SSSR count). The Labute approximate surface area is 155 Å². The van der Waals surface area contributed by atoms with E-state index < -0.39 is 0 Å². The van der Waals surface area contributed by atoms with Crippen LogP contribution in [-0.2, 0) is 4.79 Å². The van der Waals surface area contributed by atoms with E-state index in [4.69, 9.17) is 0 Å². The summed E-state index contributed by atoms with van der Waals surface area (Å²) in [6, 6.07) is 9.97. The fraction of sp³-hybridized carbons (Fsp3) is 0.211. The molecule has 6 heteroatoms. The van der Waals surface area contributed by atoms with Gasteiger partial charge in [-0.1, -0.05) is 35.5 Å². The average Bonchev–Trinajstić information content (AvgIpc) is 3.01. The van der Waals surface area contributed by atoms with Crippen molar-refractivity contribution in [3.8, 4) is 11.3 Å². The number of pyridine rings is 1. The lowest BCUT2D eigenvalue weighted by Crippen LogP contribution is -2.13. The Hall–Kier alpha value is -2.18. The fourth-order valence-corrected chi connectivity index (χ4v) is 4.14. The van der Waals surface area contributed by atoms with E-state index in [-0.39, 0.29) is 5.91 Å². The molecule has 1 amide bonds. The molecule has 4 nitrogen and oxygen atoms in total. The molecule has 0 bridgehead atoms. The normalized spacial score (nSPS) is 10.7. The molecule has 1 aromatic carbocycles. The van der Waals surface area contributed by atoms with Gasteiger partial charge in [-0.25, -0.2) is 9.97 Å². The summed E-state index contributed by atoms with van der Waals surface area (Å²) >= 11 is 2.86. The standard InChI is InChI=1S/C19H19N3OS2/c1-12-8-13(2)18(14(3)9-12)15-10-25-19(21-15)22-16(23)11-24-17-6-4-5-7-20-17/h4-10H,11H2,1-3H3,(H,21,22,23). The first kappa shape index (κ1) is 17.6. The summed E-state index contributed by atoms with van der Waals surface area (Å²) in [5, 5.41) is 6.33. The molecular formula is C19H19N3OS2. The minimum Gasteiger partial charge on any atom is -0.301 e. The highest BCUT2D eigenvalue weighted by Crippen LogP contribution is 2.31. The van der Waals surface area contributed by atoms with Gasteiger partial charge >= 0.3 is 0 Å². The zero-order valence-electron chi connectivity index (χ0n) is 14.4. The molecule has 2 heterocycles. The van der Waals surface area contributed by atoms with Gasteiger partial charge < -0.3 is 5.32 Å². The highest BCUT2D eigenvalue weighted by atomic mass is 32.2. The molecule has 0 atom stereocenters. The Morgan fingerprint density at radius 1 is 1.20 bits per heavy atom. The van der Waals surface area contributed by atoms with Crippen LogP contribution < -0.4 is 5.32 Å². The molecular weight excluding hydrogens is 350 g/mol. The predicted molar refractivity (Wildman–Crippen MR) is 105 cm³/mol. The molecule has 128 valence electrons. The number of aromatic nitrogens is 2. The van der Waals surface area contributed by atoms with Crippen LogP contribution in [0, 0.1) is 20.8 Å². The highest BCUT2D eigenvalue weighted by Gasteiger charge is 2.12. The first-order valence-electron chi connectivity index (χ1n) is 7.90. The minimum absolute atomic E-state index is 0.0751. The number of thioether (sulfide) groups is 1. The molecule has 0 aliphatic rings. The van der Waals surface area contributed by atoms with Crippen molar-refractivity contribution in [2.45, 2.75) is 25.8 Å². The van der Waals surface area contributed by atoms with E-state index in [0.29, 0.717) is 10.9 Å². The number of rotatable bonds is 5. The van der Waals surface area contributed by atoms with Crippen LogP contribution in [0.2, 0.25) is 0 Å². The summed E-state index contributed by atoms with van der Waals surface area (Å²) < 4.78 is 0. The van der Waals surface area contributed by atoms with Crippen LogP contribution >= 0.6 is 23.1 Å². The van der Waals surface area contributed by atoms with Crippen LogP contribution in [0.1, 0.15) is 16.7 Å². The van der Waals surface area contributed by atoms with Crippen molar-refractivity contribution >= 4 is 34.1 Å². The summed E-state index contributed by atoms with van der Waals surface area (Å²) in [6.07, 6.45) is 1.72. The van der Waals surface area contributed by atoms with E-state index in [0.717, 1.165) is 16.3 Å². The number of carbonyl (C=O) groups is 1. The number of thiazole rings is 1. The average molecular weight is 370 g/mol. The number of hydrogen-bond acceptors (Lipinski definition) is 5. The lowest BCUT2D eigenvalue weighted by Gasteiger charge is -2.08. The van der Waals surface area contributed by atoms with Crippen LogP contribution in [0.15, 0.2) is 46.9 Å². The number of anilines is 1. The third kappa shape index (κ3) is 4.46. The molecule has 3 aromatic rings. The van der Waals surface area contributed by atoms with E-state index in [1.165, 1.54) is 39.8 Å². The first-order chi connectivity index (χ1) is 12.0. The molecule has 0 saturated heterocycles. The molecule has 0 radical (unpaired) electrons. The van der Waals surface area contributed by atoms with E-state index in [1.54, 1.807) is 6.20 Å². The van der Waals surface area contributed by atoms with Gasteiger partial charge in [0.25, 0.3) is 0 Å². The highest BCUT2D eigenvalue weighted by molar-refractivity contribution is 7.99. The molecule has 0 fully saturated rings. The fourth-order valence-electron chi connectivity index (χ4n) is 2.76. The van der Waals surface area contributed by atoms with Gasteiger partial charge in [0.1, 0.15) is 0 Å². The Morgan fingerprint density at radius 2 is 1.96 bits per heavy atom. The summed E-state index contributed by atoms with van der Waals surface area (Å²) in [5.74, 6) is 0.239. The number of nitrogens with one attached hydrogen (secondary N) is 1. The lowest BCUT2D eigenvalue weighted by molar-refractivity contribution is -0.113. The topological polar surface area (TPSA) is 54.9 Å². The van der Waals surface area contributed by atoms with Gasteiger partial charge in [-0.15, -0.1) is 11.3 Å². The number of benzene rings is 1. The second kappa shape index (κ2) is 7.80. The maximum atomic E-state index is 12.1. The zero-order chi connectivity index (χ0) is 17.8. The second-order valence-electron chi connectivity index (χ2n) is 5.82. The maximum absolute atomic E-state index is 12.1. The van der Waals surface area contributed by atoms with Crippen molar-refractivity contribution in [1.82, 2.24) is 9.97 Å². The Bertz CT molecular complexity index is 868. The Kier molecular flexibility index (Phi) is 5.50. The molecule has 0 aliphatic heterocycles. The zero-order valence-corrected chi connectivity index (χ0v) is 16.0. The van der Waals surface area contributed by atoms with Crippen molar-refractivity contribution in [3.05, 3.63) is 58.6 Å². The van der Waals surface area contributed by atoms with E-state index in [9.17, 15) is 4.79 Å². The number of carbonyl (C=O) groups excluding carboxylic acids is 1. The van der Waals surface area contributed by atoms with Gasteiger partial charge in [0.2, 0.25) is 5.91 Å². The van der Waals surface area contributed by atoms with Crippen LogP contribution in [0.3, 0.4) is 0 Å². The molecule has 0 spiro atoms. The number of nitrogens with zero attached hydrogens (tertiary/aromatic N) is 2. The molecule has 25 heavy (non-hydrogen) atoms. The number of aryl methyl sites for hydroxylation is 3. The van der Waals surface area contributed by atoms with E-state index >= 15 is 0 Å². The Morgan fingerprint density at radius 3 is 2.64 bits per heavy atom. The molecule has 0 saturated carbocycles. The molecule has 1 N–H and O–H groups in total. The van der Waals surface area contributed by atoms with Crippen molar-refractivity contribution in [3.63, 3.8) is 0 Å². The molecule has 2 aromatic heterocycles. The van der Waals surface area contributed by atoms with Crippen LogP contribution in [0.25, 0.3) is 11.3 Å². The van der Waals surface area contributed by atoms with Crippen LogP contribution in [0.5, 0.6) is 0 Å². The number of hydrogen-bond donors (Lipinski definition) is 1. The summed E-state index contributed by atoms with van der Waals surface area (Å²) in [5.41, 5.74) is 5.70. The third-order valence-electron chi connectivity index (χ3n) is 3.67. The maximum Gasteiger partial charge on any atom is 0.236 e. The second-order valence-corrected chi connectivity index (χ2v) is 7.67. The lowest BCUT2D eigenvalue weighted by atomic mass is 9.98. The van der Waals surface area contributed by atoms with Crippen LogP contribution in [0.4, 0.5) is 5.13 Å². The predicted octanol–water partition coefficient (Wildman–Crippen LogP) is 4.86. The largest absolute Gasteiger partial charge is 0.301 e. The van der Waals surface area contributed by atoms with E-state index in [2.05, 4.69) is 48.2 Å². The van der Waals surface area contributed by atoms with Crippen molar-refractivity contribution in [1.29, 1.82) is 0 Å². The summed E-state index contributed by atoms with van der Waals surface area (Å²) in [7, 11) is 0.